The zero-order chi connectivity index (χ0) is 9.80. The highest BCUT2D eigenvalue weighted by atomic mass is 16.5. The fourth-order valence-corrected chi connectivity index (χ4v) is 1.54. The van der Waals surface area contributed by atoms with E-state index >= 15 is 0 Å². The first-order valence-corrected chi connectivity index (χ1v) is 4.84. The van der Waals surface area contributed by atoms with Crippen LogP contribution in [0.2, 0.25) is 0 Å². The highest BCUT2D eigenvalue weighted by Crippen LogP contribution is 2.16. The van der Waals surface area contributed by atoms with Crippen LogP contribution in [0, 0.1) is 0 Å². The van der Waals surface area contributed by atoms with E-state index in [0.717, 1.165) is 31.7 Å². The number of anilines is 1. The van der Waals surface area contributed by atoms with Crippen LogP contribution in [-0.2, 0) is 4.74 Å². The fourth-order valence-electron chi connectivity index (χ4n) is 1.54. The van der Waals surface area contributed by atoms with Crippen LogP contribution >= 0.6 is 0 Å². The van der Waals surface area contributed by atoms with Crippen molar-refractivity contribution in [1.82, 2.24) is 4.98 Å². The van der Waals surface area contributed by atoms with E-state index in [9.17, 15) is 0 Å². The van der Waals surface area contributed by atoms with E-state index in [0.29, 0.717) is 5.82 Å². The Morgan fingerprint density at radius 2 is 2.07 bits per heavy atom. The molecule has 2 rings (SSSR count). The minimum Gasteiger partial charge on any atom is -0.384 e. The minimum absolute atomic E-state index is 0.575. The largest absolute Gasteiger partial charge is 0.384 e. The molecule has 2 N–H and O–H groups in total. The van der Waals surface area contributed by atoms with Gasteiger partial charge in [-0.3, -0.25) is 0 Å². The Hall–Kier alpha value is -1.35. The standard InChI is InChI=1S/C11H14N2O/c12-11-3-1-2-10(13-11)8-9-4-6-14-7-5-9/h1-3,8H,4-7H2,(H2,12,13). The van der Waals surface area contributed by atoms with Crippen LogP contribution in [-0.4, -0.2) is 18.2 Å². The Morgan fingerprint density at radius 1 is 1.29 bits per heavy atom. The van der Waals surface area contributed by atoms with Crippen LogP contribution in [0.5, 0.6) is 0 Å². The molecular weight excluding hydrogens is 176 g/mol. The second-order valence-corrected chi connectivity index (χ2v) is 3.40. The van der Waals surface area contributed by atoms with Crippen LogP contribution in [0.1, 0.15) is 18.5 Å². The van der Waals surface area contributed by atoms with Crippen molar-refractivity contribution in [3.63, 3.8) is 0 Å². The predicted octanol–water partition coefficient (Wildman–Crippen LogP) is 1.86. The van der Waals surface area contributed by atoms with Crippen molar-refractivity contribution < 1.29 is 4.74 Å². The van der Waals surface area contributed by atoms with E-state index in [1.54, 1.807) is 6.07 Å². The summed E-state index contributed by atoms with van der Waals surface area (Å²) < 4.78 is 5.28. The van der Waals surface area contributed by atoms with Gasteiger partial charge in [0.05, 0.1) is 18.9 Å². The third kappa shape index (κ3) is 2.33. The number of aromatic nitrogens is 1. The molecule has 1 aliphatic heterocycles. The molecule has 2 heterocycles. The van der Waals surface area contributed by atoms with Crippen molar-refractivity contribution in [1.29, 1.82) is 0 Å². The molecule has 0 aromatic carbocycles. The van der Waals surface area contributed by atoms with Gasteiger partial charge in [0.2, 0.25) is 0 Å². The molecule has 0 amide bonds. The van der Waals surface area contributed by atoms with E-state index < -0.39 is 0 Å². The Labute approximate surface area is 83.6 Å². The smallest absolute Gasteiger partial charge is 0.124 e. The molecule has 1 aromatic heterocycles. The number of ether oxygens (including phenoxy) is 1. The lowest BCUT2D eigenvalue weighted by Crippen LogP contribution is -2.07. The number of pyridine rings is 1. The second-order valence-electron chi connectivity index (χ2n) is 3.40. The van der Waals surface area contributed by atoms with Gasteiger partial charge in [-0.15, -0.1) is 0 Å². The summed E-state index contributed by atoms with van der Waals surface area (Å²) >= 11 is 0. The highest BCUT2D eigenvalue weighted by Gasteiger charge is 2.05. The van der Waals surface area contributed by atoms with Crippen LogP contribution in [0.15, 0.2) is 23.8 Å². The summed E-state index contributed by atoms with van der Waals surface area (Å²) in [5.41, 5.74) is 7.94. The highest BCUT2D eigenvalue weighted by molar-refractivity contribution is 5.51. The summed E-state index contributed by atoms with van der Waals surface area (Å²) in [6, 6.07) is 5.69. The van der Waals surface area contributed by atoms with Crippen LogP contribution in [0.4, 0.5) is 5.82 Å². The van der Waals surface area contributed by atoms with Gasteiger partial charge >= 0.3 is 0 Å². The molecule has 0 spiro atoms. The number of rotatable bonds is 1. The van der Waals surface area contributed by atoms with Crippen molar-refractivity contribution in [3.05, 3.63) is 29.5 Å². The van der Waals surface area contributed by atoms with Crippen molar-refractivity contribution in [2.24, 2.45) is 0 Å². The van der Waals surface area contributed by atoms with Gasteiger partial charge in [0.1, 0.15) is 5.82 Å². The van der Waals surface area contributed by atoms with Gasteiger partial charge in [-0.05, 0) is 31.1 Å². The predicted molar refractivity (Wildman–Crippen MR) is 56.7 cm³/mol. The Morgan fingerprint density at radius 3 is 2.79 bits per heavy atom. The molecular formula is C11H14N2O. The molecule has 0 bridgehead atoms. The Balaban J connectivity index is 2.15. The molecule has 1 saturated heterocycles. The van der Waals surface area contributed by atoms with Gasteiger partial charge < -0.3 is 10.5 Å². The number of nitrogens with two attached hydrogens (primary N) is 1. The first kappa shape index (κ1) is 9.21. The molecule has 0 unspecified atom stereocenters. The fraction of sp³-hybridized carbons (Fsp3) is 0.364. The van der Waals surface area contributed by atoms with Gasteiger partial charge in [-0.25, -0.2) is 4.98 Å². The Kier molecular flexibility index (Phi) is 2.79. The van der Waals surface area contributed by atoms with E-state index in [2.05, 4.69) is 11.1 Å². The van der Waals surface area contributed by atoms with E-state index in [4.69, 9.17) is 10.5 Å². The number of hydrogen-bond acceptors (Lipinski definition) is 3. The van der Waals surface area contributed by atoms with E-state index in [1.165, 1.54) is 5.57 Å². The minimum atomic E-state index is 0.575. The van der Waals surface area contributed by atoms with E-state index in [-0.39, 0.29) is 0 Å². The maximum absolute atomic E-state index is 5.60. The molecule has 1 aliphatic rings. The van der Waals surface area contributed by atoms with Crippen molar-refractivity contribution in [2.45, 2.75) is 12.8 Å². The lowest BCUT2D eigenvalue weighted by molar-refractivity contribution is 0.119. The van der Waals surface area contributed by atoms with Gasteiger partial charge in [0.25, 0.3) is 0 Å². The molecule has 0 radical (unpaired) electrons. The molecule has 1 aromatic rings. The number of hydrogen-bond donors (Lipinski definition) is 1. The maximum atomic E-state index is 5.60. The van der Waals surface area contributed by atoms with Gasteiger partial charge in [-0.2, -0.15) is 0 Å². The summed E-state index contributed by atoms with van der Waals surface area (Å²) in [4.78, 5) is 4.23. The normalized spacial score (nSPS) is 16.7. The first-order valence-electron chi connectivity index (χ1n) is 4.84. The van der Waals surface area contributed by atoms with Crippen molar-refractivity contribution >= 4 is 11.9 Å². The first-order chi connectivity index (χ1) is 6.84. The summed E-state index contributed by atoms with van der Waals surface area (Å²) in [7, 11) is 0. The average Bonchev–Trinajstić information content (AvgIpc) is 2.19. The number of nitrogen functional groups attached to an aromatic ring is 1. The maximum Gasteiger partial charge on any atom is 0.124 e. The molecule has 3 heteroatoms. The molecule has 1 fully saturated rings. The van der Waals surface area contributed by atoms with Crippen LogP contribution < -0.4 is 5.73 Å². The summed E-state index contributed by atoms with van der Waals surface area (Å²) in [5, 5.41) is 0. The third-order valence-electron chi connectivity index (χ3n) is 2.28. The zero-order valence-electron chi connectivity index (χ0n) is 8.07. The zero-order valence-corrected chi connectivity index (χ0v) is 8.07. The quantitative estimate of drug-likeness (QED) is 0.735. The van der Waals surface area contributed by atoms with Crippen LogP contribution in [0.3, 0.4) is 0 Å². The SMILES string of the molecule is Nc1cccc(C=C2CCOCC2)n1. The third-order valence-corrected chi connectivity index (χ3v) is 2.28. The summed E-state index contributed by atoms with van der Waals surface area (Å²) in [6.45, 7) is 1.66. The lowest BCUT2D eigenvalue weighted by Gasteiger charge is -2.14. The topological polar surface area (TPSA) is 48.1 Å². The van der Waals surface area contributed by atoms with Crippen molar-refractivity contribution in [3.8, 4) is 0 Å². The van der Waals surface area contributed by atoms with Crippen LogP contribution in [0.25, 0.3) is 6.08 Å². The summed E-state index contributed by atoms with van der Waals surface area (Å²) in [6.07, 6.45) is 4.13. The second kappa shape index (κ2) is 4.24. The summed E-state index contributed by atoms with van der Waals surface area (Å²) in [5.74, 6) is 0.575. The molecule has 74 valence electrons. The van der Waals surface area contributed by atoms with E-state index in [1.807, 2.05) is 12.1 Å². The molecule has 3 nitrogen and oxygen atoms in total. The van der Waals surface area contributed by atoms with Gasteiger partial charge in [-0.1, -0.05) is 11.6 Å². The monoisotopic (exact) mass is 190 g/mol. The van der Waals surface area contributed by atoms with Gasteiger partial charge in [0, 0.05) is 0 Å². The molecule has 0 atom stereocenters. The average molecular weight is 190 g/mol. The molecule has 0 aliphatic carbocycles. The number of nitrogens with zero attached hydrogens (tertiary/aromatic N) is 1. The molecule has 14 heavy (non-hydrogen) atoms. The van der Waals surface area contributed by atoms with Crippen molar-refractivity contribution in [2.75, 3.05) is 18.9 Å². The van der Waals surface area contributed by atoms with Gasteiger partial charge in [0.15, 0.2) is 0 Å². The lowest BCUT2D eigenvalue weighted by atomic mass is 10.1. The Bertz CT molecular complexity index is 339. The molecule has 0 saturated carbocycles.